The largest absolute Gasteiger partial charge is 0.496 e. The number of carbonyl (C=O) groups is 1. The van der Waals surface area contributed by atoms with Crippen molar-refractivity contribution in [1.29, 1.82) is 0 Å². The molecule has 19 heavy (non-hydrogen) atoms. The monoisotopic (exact) mass is 386 g/mol. The van der Waals surface area contributed by atoms with E-state index in [0.717, 1.165) is 0 Å². The van der Waals surface area contributed by atoms with Crippen molar-refractivity contribution in [2.24, 2.45) is 0 Å². The summed E-state index contributed by atoms with van der Waals surface area (Å²) in [7, 11) is 1.55. The van der Waals surface area contributed by atoms with E-state index in [1.54, 1.807) is 25.3 Å². The van der Waals surface area contributed by atoms with Gasteiger partial charge in [-0.2, -0.15) is 0 Å². The fourth-order valence-electron chi connectivity index (χ4n) is 1.64. The van der Waals surface area contributed by atoms with Gasteiger partial charge in [-0.05, 0) is 68.3 Å². The molecule has 0 aliphatic heterocycles. The van der Waals surface area contributed by atoms with Crippen LogP contribution in [0.1, 0.15) is 15.9 Å². The van der Waals surface area contributed by atoms with Gasteiger partial charge in [0, 0.05) is 15.6 Å². The summed E-state index contributed by atoms with van der Waals surface area (Å²) in [6.07, 6.45) is 0. The number of ketones is 1. The average molecular weight is 388 g/mol. The van der Waals surface area contributed by atoms with Gasteiger partial charge in [0.2, 0.25) is 0 Å². The van der Waals surface area contributed by atoms with Crippen LogP contribution in [0.25, 0.3) is 0 Å². The predicted octanol–water partition coefficient (Wildman–Crippen LogP) is 4.59. The molecule has 0 N–H and O–H groups in total. The zero-order valence-corrected chi connectivity index (χ0v) is 13.1. The molecule has 0 heterocycles. The van der Waals surface area contributed by atoms with Crippen molar-refractivity contribution in [2.45, 2.75) is 0 Å². The van der Waals surface area contributed by atoms with Gasteiger partial charge in [0.15, 0.2) is 5.78 Å². The quantitative estimate of drug-likeness (QED) is 0.720. The molecular weight excluding hydrogens is 379 g/mol. The Bertz CT molecular complexity index is 641. The van der Waals surface area contributed by atoms with Crippen LogP contribution in [0.3, 0.4) is 0 Å². The molecule has 0 saturated carbocycles. The van der Waals surface area contributed by atoms with Crippen LogP contribution >= 0.6 is 31.9 Å². The summed E-state index contributed by atoms with van der Waals surface area (Å²) in [6.45, 7) is 0. The highest BCUT2D eigenvalue weighted by molar-refractivity contribution is 9.10. The summed E-state index contributed by atoms with van der Waals surface area (Å²) in [4.78, 5) is 12.3. The van der Waals surface area contributed by atoms with Gasteiger partial charge in [-0.25, -0.2) is 4.39 Å². The maximum atomic E-state index is 13.0. The van der Waals surface area contributed by atoms with Gasteiger partial charge in [0.05, 0.1) is 11.6 Å². The van der Waals surface area contributed by atoms with Crippen molar-refractivity contribution in [1.82, 2.24) is 0 Å². The molecule has 0 fully saturated rings. The van der Waals surface area contributed by atoms with Crippen LogP contribution in [0.15, 0.2) is 45.3 Å². The molecule has 0 spiro atoms. The molecule has 0 radical (unpaired) electrons. The third-order valence-electron chi connectivity index (χ3n) is 2.59. The Morgan fingerprint density at radius 3 is 2.42 bits per heavy atom. The van der Waals surface area contributed by atoms with Crippen LogP contribution in [0.5, 0.6) is 5.75 Å². The average Bonchev–Trinajstić information content (AvgIpc) is 2.38. The van der Waals surface area contributed by atoms with Gasteiger partial charge in [0.25, 0.3) is 0 Å². The van der Waals surface area contributed by atoms with E-state index in [0.29, 0.717) is 25.8 Å². The molecule has 0 amide bonds. The lowest BCUT2D eigenvalue weighted by Crippen LogP contribution is -2.03. The second-order valence-electron chi connectivity index (χ2n) is 3.80. The number of carbonyl (C=O) groups excluding carboxylic acids is 1. The first-order valence-electron chi connectivity index (χ1n) is 5.36. The minimum atomic E-state index is -0.390. The topological polar surface area (TPSA) is 26.3 Å². The van der Waals surface area contributed by atoms with E-state index in [-0.39, 0.29) is 11.6 Å². The van der Waals surface area contributed by atoms with Gasteiger partial charge < -0.3 is 4.74 Å². The minimum absolute atomic E-state index is 0.185. The molecule has 0 saturated heterocycles. The Labute approximate surface area is 126 Å². The van der Waals surface area contributed by atoms with Crippen molar-refractivity contribution >= 4 is 37.6 Å². The highest BCUT2D eigenvalue weighted by atomic mass is 79.9. The third kappa shape index (κ3) is 3.04. The van der Waals surface area contributed by atoms with Crippen LogP contribution < -0.4 is 4.74 Å². The molecule has 0 aliphatic carbocycles. The molecular formula is C14H9Br2FO2. The van der Waals surface area contributed by atoms with Crippen molar-refractivity contribution in [3.63, 3.8) is 0 Å². The molecule has 2 rings (SSSR count). The third-order valence-corrected chi connectivity index (χ3v) is 3.87. The Balaban J connectivity index is 2.41. The SMILES string of the molecule is COc1ccc(C(=O)c2ccc(F)cc2Br)cc1Br. The summed E-state index contributed by atoms with van der Waals surface area (Å²) in [5, 5.41) is 0. The summed E-state index contributed by atoms with van der Waals surface area (Å²) in [5.41, 5.74) is 0.915. The summed E-state index contributed by atoms with van der Waals surface area (Å²) in [6, 6.07) is 9.04. The molecule has 0 aliphatic rings. The van der Waals surface area contributed by atoms with Gasteiger partial charge >= 0.3 is 0 Å². The number of methoxy groups -OCH3 is 1. The van der Waals surface area contributed by atoms with Crippen LogP contribution in [0.2, 0.25) is 0 Å². The lowest BCUT2D eigenvalue weighted by atomic mass is 10.0. The maximum Gasteiger partial charge on any atom is 0.194 e. The zero-order valence-electron chi connectivity index (χ0n) is 9.91. The van der Waals surface area contributed by atoms with E-state index in [2.05, 4.69) is 31.9 Å². The summed E-state index contributed by atoms with van der Waals surface area (Å²) >= 11 is 6.52. The Morgan fingerprint density at radius 1 is 1.11 bits per heavy atom. The van der Waals surface area contributed by atoms with E-state index in [9.17, 15) is 9.18 Å². The molecule has 0 unspecified atom stereocenters. The van der Waals surface area contributed by atoms with Crippen LogP contribution in [0.4, 0.5) is 4.39 Å². The first-order valence-corrected chi connectivity index (χ1v) is 6.95. The predicted molar refractivity (Wildman–Crippen MR) is 78.2 cm³/mol. The lowest BCUT2D eigenvalue weighted by Gasteiger charge is -2.07. The van der Waals surface area contributed by atoms with E-state index in [1.807, 2.05) is 0 Å². The number of hydrogen-bond donors (Lipinski definition) is 0. The van der Waals surface area contributed by atoms with Crippen molar-refractivity contribution in [3.8, 4) is 5.75 Å². The fraction of sp³-hybridized carbons (Fsp3) is 0.0714. The second-order valence-corrected chi connectivity index (χ2v) is 5.51. The maximum absolute atomic E-state index is 13.0. The first-order chi connectivity index (χ1) is 9.02. The molecule has 0 aromatic heterocycles. The van der Waals surface area contributed by atoms with E-state index >= 15 is 0 Å². The van der Waals surface area contributed by atoms with Crippen molar-refractivity contribution in [2.75, 3.05) is 7.11 Å². The number of rotatable bonds is 3. The van der Waals surface area contributed by atoms with Crippen LogP contribution in [-0.4, -0.2) is 12.9 Å². The van der Waals surface area contributed by atoms with E-state index in [1.165, 1.54) is 18.2 Å². The highest BCUT2D eigenvalue weighted by Crippen LogP contribution is 2.28. The van der Waals surface area contributed by atoms with Crippen LogP contribution in [0, 0.1) is 5.82 Å². The van der Waals surface area contributed by atoms with Gasteiger partial charge in [-0.3, -0.25) is 4.79 Å². The number of hydrogen-bond acceptors (Lipinski definition) is 2. The number of benzene rings is 2. The van der Waals surface area contributed by atoms with Gasteiger partial charge in [0.1, 0.15) is 11.6 Å². The lowest BCUT2D eigenvalue weighted by molar-refractivity contribution is 0.103. The van der Waals surface area contributed by atoms with Gasteiger partial charge in [-0.1, -0.05) is 0 Å². The summed E-state index contributed by atoms with van der Waals surface area (Å²) < 4.78 is 19.2. The minimum Gasteiger partial charge on any atom is -0.496 e. The number of ether oxygens (including phenoxy) is 1. The van der Waals surface area contributed by atoms with Crippen molar-refractivity contribution in [3.05, 3.63) is 62.3 Å². The Kier molecular flexibility index (Phi) is 4.37. The Morgan fingerprint density at radius 2 is 1.84 bits per heavy atom. The van der Waals surface area contributed by atoms with E-state index in [4.69, 9.17) is 4.74 Å². The number of halogens is 3. The highest BCUT2D eigenvalue weighted by Gasteiger charge is 2.14. The molecule has 5 heteroatoms. The van der Waals surface area contributed by atoms with Crippen LogP contribution in [-0.2, 0) is 0 Å². The smallest absolute Gasteiger partial charge is 0.194 e. The molecule has 2 aromatic carbocycles. The normalized spacial score (nSPS) is 10.3. The first kappa shape index (κ1) is 14.2. The van der Waals surface area contributed by atoms with Crippen molar-refractivity contribution < 1.29 is 13.9 Å². The molecule has 98 valence electrons. The standard InChI is InChI=1S/C14H9Br2FO2/c1-19-13-5-2-8(6-12(13)16)14(18)10-4-3-9(17)7-11(10)15/h2-7H,1H3. The Hall–Kier alpha value is -1.20. The van der Waals surface area contributed by atoms with Gasteiger partial charge in [-0.15, -0.1) is 0 Å². The molecule has 2 aromatic rings. The zero-order chi connectivity index (χ0) is 14.0. The molecule has 2 nitrogen and oxygen atoms in total. The van der Waals surface area contributed by atoms with E-state index < -0.39 is 0 Å². The summed E-state index contributed by atoms with van der Waals surface area (Å²) in [5.74, 6) is 0.0734. The second kappa shape index (κ2) is 5.84. The molecule has 0 bridgehead atoms. The molecule has 0 atom stereocenters. The fourth-order valence-corrected chi connectivity index (χ4v) is 2.71.